The molecule has 0 spiro atoms. The Bertz CT molecular complexity index is 3320. The van der Waals surface area contributed by atoms with Crippen LogP contribution in [-0.2, 0) is 32.1 Å². The maximum atomic E-state index is 13.2. The largest absolute Gasteiger partial charge is 0.497 e. The fraction of sp³-hybridized carbons (Fsp3) is 0.238. The van der Waals surface area contributed by atoms with Crippen LogP contribution in [0.15, 0.2) is 142 Å². The zero-order chi connectivity index (χ0) is 61.4. The predicted molar refractivity (Wildman–Crippen MR) is 311 cm³/mol. The van der Waals surface area contributed by atoms with E-state index in [0.29, 0.717) is 39.9 Å². The van der Waals surface area contributed by atoms with Crippen LogP contribution in [-0.4, -0.2) is 7.11 Å². The van der Waals surface area contributed by atoms with Crippen molar-refractivity contribution in [2.24, 2.45) is 35.5 Å². The van der Waals surface area contributed by atoms with Crippen LogP contribution in [0.5, 0.6) is 5.75 Å². The Morgan fingerprint density at radius 2 is 0.878 bits per heavy atom. The summed E-state index contributed by atoms with van der Waals surface area (Å²) in [5.41, 5.74) is 6.12. The monoisotopic (exact) mass is 1250 g/mol. The Morgan fingerprint density at radius 3 is 1.30 bits per heavy atom. The summed E-state index contributed by atoms with van der Waals surface area (Å²) in [5.74, 6) is -3.85. The second-order valence-electron chi connectivity index (χ2n) is 17.1. The maximum absolute atomic E-state index is 13.2. The van der Waals surface area contributed by atoms with E-state index in [0.717, 1.165) is 32.5 Å². The molecule has 6 aromatic carbocycles. The Hall–Kier alpha value is -9.60. The molecule has 6 aromatic rings. The molecule has 0 aliphatic carbocycles. The number of nitrogens with zero attached hydrogens (tertiary/aromatic N) is 12. The molecule has 0 amide bonds. The van der Waals surface area contributed by atoms with Gasteiger partial charge in [0.1, 0.15) is 52.9 Å². The second kappa shape index (κ2) is 40.6. The van der Waals surface area contributed by atoms with Gasteiger partial charge in [0.15, 0.2) is 0 Å². The van der Waals surface area contributed by atoms with E-state index < -0.39 is 47.1 Å². The second-order valence-corrected chi connectivity index (χ2v) is 19.8. The number of rotatable bonds is 13. The van der Waals surface area contributed by atoms with Crippen LogP contribution in [0.3, 0.4) is 0 Å². The van der Waals surface area contributed by atoms with Crippen molar-refractivity contribution in [3.8, 4) is 78.6 Å². The number of halogens is 6. The van der Waals surface area contributed by atoms with E-state index in [9.17, 15) is 8.78 Å². The highest BCUT2D eigenvalue weighted by atomic mass is 79.9. The molecule has 0 fully saturated rings. The Kier molecular flexibility index (Phi) is 34.8. The first kappa shape index (κ1) is 70.4. The van der Waals surface area contributed by atoms with E-state index in [1.807, 2.05) is 159 Å². The van der Waals surface area contributed by atoms with Gasteiger partial charge >= 0.3 is 0 Å². The highest BCUT2D eigenvalue weighted by Crippen LogP contribution is 2.24. The van der Waals surface area contributed by atoms with Crippen molar-refractivity contribution < 1.29 is 13.5 Å². The molecular weight excluding hydrogens is 1210 g/mol. The van der Waals surface area contributed by atoms with Crippen LogP contribution >= 0.6 is 55.1 Å². The van der Waals surface area contributed by atoms with Crippen LogP contribution in [0.25, 0.3) is 0 Å². The highest BCUT2D eigenvalue weighted by molar-refractivity contribution is 9.10. The lowest BCUT2D eigenvalue weighted by Gasteiger charge is -2.11. The molecular formula is C63H48Br2Cl2F2N12O. The molecule has 82 heavy (non-hydrogen) atoms. The summed E-state index contributed by atoms with van der Waals surface area (Å²) in [5, 5.41) is 104. The summed E-state index contributed by atoms with van der Waals surface area (Å²) < 4.78 is 32.5. The third-order valence-electron chi connectivity index (χ3n) is 11.1. The number of methoxy groups -OCH3 is 1. The summed E-state index contributed by atoms with van der Waals surface area (Å²) in [6.07, 6.45) is 1.76. The molecule has 19 heteroatoms. The fourth-order valence-corrected chi connectivity index (χ4v) is 7.76. The lowest BCUT2D eigenvalue weighted by atomic mass is 9.89. The van der Waals surface area contributed by atoms with Gasteiger partial charge in [0, 0.05) is 57.0 Å². The maximum Gasteiger partial charge on any atom is 0.139 e. The average Bonchev–Trinajstić information content (AvgIpc) is 3.48. The lowest BCUT2D eigenvalue weighted by molar-refractivity contribution is 0.414. The van der Waals surface area contributed by atoms with Crippen molar-refractivity contribution in [1.29, 1.82) is 63.1 Å². The Morgan fingerprint density at radius 1 is 0.451 bits per heavy atom. The van der Waals surface area contributed by atoms with E-state index in [-0.39, 0.29) is 23.8 Å². The van der Waals surface area contributed by atoms with Crippen molar-refractivity contribution in [1.82, 2.24) is 0 Å². The molecule has 0 heterocycles. The lowest BCUT2D eigenvalue weighted by Crippen LogP contribution is -2.05. The molecule has 0 N–H and O–H groups in total. The number of ether oxygens (including phenoxy) is 1. The van der Waals surface area contributed by atoms with Crippen molar-refractivity contribution in [3.05, 3.63) is 203 Å². The first-order valence-electron chi connectivity index (χ1n) is 24.2. The van der Waals surface area contributed by atoms with Crippen LogP contribution in [0.2, 0.25) is 10.0 Å². The zero-order valence-corrected chi connectivity index (χ0v) is 49.0. The molecule has 0 aromatic heterocycles. The third-order valence-corrected chi connectivity index (χ3v) is 12.6. The van der Waals surface area contributed by atoms with Crippen molar-refractivity contribution >= 4 is 55.1 Å². The standard InChI is InChI=1S/C12H12N2.C11H10N2O.C10H6BrFN2.C10H7BrN2.C10H6ClFN2.C10H7ClN2/c1-9-3-5-11(6-4-9)10(2)12(7-13)8-14;1-14-11-4-2-9(3-5-11)6-10(7-12)8-13;11-9-2-1-8(10(12)4-9)3-7(5-13)6-14;11-10-3-1-2-8(5-10)4-9(6-12)7-13;11-10-4-9(12)2-1-8(10)3-7(5-13)6-14;11-10-3-1-2-8(5-10)4-9(6-12)7-13/h3-6,10,12H,1-2H3;2-5,10H,6H2,1H3;1-2,4,7H,3H2;1-3,5,9H,4H2;1-2,4,7H,3H2;1-3,5,9H,4H2. The van der Waals surface area contributed by atoms with Crippen molar-refractivity contribution in [2.45, 2.75) is 51.9 Å². The summed E-state index contributed by atoms with van der Waals surface area (Å²) in [7, 11) is 1.60. The SMILES string of the molecule is COc1ccc(CC(C#N)C#N)cc1.Cc1ccc(C(C)C(C#N)C#N)cc1.N#CC(C#N)Cc1ccc(Br)cc1F.N#CC(C#N)Cc1ccc(F)cc1Cl.N#CC(C#N)Cc1cccc(Br)c1.N#CC(C#N)Cc1cccc(Cl)c1. The fourth-order valence-electron chi connectivity index (χ4n) is 6.53. The van der Waals surface area contributed by atoms with E-state index in [1.54, 1.807) is 43.5 Å². The third kappa shape index (κ3) is 27.8. The first-order chi connectivity index (χ1) is 39.3. The van der Waals surface area contributed by atoms with Gasteiger partial charge < -0.3 is 4.74 Å². The van der Waals surface area contributed by atoms with E-state index in [1.165, 1.54) is 29.8 Å². The number of hydrogen-bond donors (Lipinski definition) is 0. The van der Waals surface area contributed by atoms with Gasteiger partial charge in [-0.25, -0.2) is 8.78 Å². The normalized spacial score (nSPS) is 9.74. The van der Waals surface area contributed by atoms with E-state index in [2.05, 4.69) is 31.9 Å². The summed E-state index contributed by atoms with van der Waals surface area (Å²) in [6.45, 7) is 3.92. The molecule has 0 radical (unpaired) electrons. The van der Waals surface area contributed by atoms with Gasteiger partial charge in [-0.05, 0) is 101 Å². The molecule has 1 unspecified atom stereocenters. The summed E-state index contributed by atoms with van der Waals surface area (Å²) >= 11 is 17.9. The van der Waals surface area contributed by atoms with Crippen LogP contribution < -0.4 is 4.74 Å². The van der Waals surface area contributed by atoms with Gasteiger partial charge in [-0.1, -0.05) is 140 Å². The summed E-state index contributed by atoms with van der Waals surface area (Å²) in [6, 6.07) is 61.5. The van der Waals surface area contributed by atoms with Crippen molar-refractivity contribution in [2.75, 3.05) is 7.11 Å². The molecule has 0 bridgehead atoms. The van der Waals surface area contributed by atoms with Crippen molar-refractivity contribution in [3.63, 3.8) is 0 Å². The van der Waals surface area contributed by atoms with Gasteiger partial charge in [0.2, 0.25) is 0 Å². The minimum atomic E-state index is -0.786. The molecule has 0 aliphatic heterocycles. The van der Waals surface area contributed by atoms with Crippen LogP contribution in [0.1, 0.15) is 51.8 Å². The molecule has 0 saturated carbocycles. The topological polar surface area (TPSA) is 295 Å². The van der Waals surface area contributed by atoms with Gasteiger partial charge in [-0.2, -0.15) is 63.1 Å². The Labute approximate surface area is 504 Å². The van der Waals surface area contributed by atoms with Crippen LogP contribution in [0.4, 0.5) is 8.78 Å². The summed E-state index contributed by atoms with van der Waals surface area (Å²) in [4.78, 5) is 0. The molecule has 6 rings (SSSR count). The minimum Gasteiger partial charge on any atom is -0.497 e. The average molecular weight is 1260 g/mol. The van der Waals surface area contributed by atoms with E-state index in [4.69, 9.17) is 91.1 Å². The quantitative estimate of drug-likeness (QED) is 0.104. The van der Waals surface area contributed by atoms with E-state index >= 15 is 0 Å². The van der Waals surface area contributed by atoms with Gasteiger partial charge in [0.05, 0.1) is 79.9 Å². The molecule has 0 saturated heterocycles. The van der Waals surface area contributed by atoms with Crippen LogP contribution in [0, 0.1) is 190 Å². The zero-order valence-electron chi connectivity index (χ0n) is 44.3. The molecule has 408 valence electrons. The number of benzene rings is 6. The number of aryl methyl sites for hydroxylation is 1. The predicted octanol–water partition coefficient (Wildman–Crippen LogP) is 15.3. The van der Waals surface area contributed by atoms with Gasteiger partial charge in [-0.3, -0.25) is 0 Å². The van der Waals surface area contributed by atoms with Gasteiger partial charge in [-0.15, -0.1) is 0 Å². The molecule has 13 nitrogen and oxygen atoms in total. The smallest absolute Gasteiger partial charge is 0.139 e. The number of hydrogen-bond acceptors (Lipinski definition) is 13. The highest BCUT2D eigenvalue weighted by Gasteiger charge is 2.18. The first-order valence-corrected chi connectivity index (χ1v) is 26.5. The molecule has 0 aliphatic rings. The number of nitriles is 12. The molecule has 1 atom stereocenters. The Balaban J connectivity index is 0.000000492. The minimum absolute atomic E-state index is 0.0226. The van der Waals surface area contributed by atoms with Gasteiger partial charge in [0.25, 0.3) is 0 Å².